The van der Waals surface area contributed by atoms with Crippen LogP contribution >= 0.6 is 0 Å². The van der Waals surface area contributed by atoms with Crippen molar-refractivity contribution >= 4 is 60.9 Å². The molecule has 10 rings (SSSR count). The zero-order valence-electron chi connectivity index (χ0n) is 27.7. The molecule has 0 unspecified atom stereocenters. The predicted molar refractivity (Wildman–Crippen MR) is 212 cm³/mol. The van der Waals surface area contributed by atoms with E-state index in [-0.39, 0.29) is 0 Å². The minimum Gasteiger partial charge on any atom is -0.455 e. The van der Waals surface area contributed by atoms with Crippen LogP contribution in [0.15, 0.2) is 197 Å². The summed E-state index contributed by atoms with van der Waals surface area (Å²) in [6, 6.07) is 66.2. The molecule has 0 spiro atoms. The summed E-state index contributed by atoms with van der Waals surface area (Å²) in [5, 5.41) is 4.49. The minimum atomic E-state index is 0.896. The van der Waals surface area contributed by atoms with Crippen molar-refractivity contribution in [2.45, 2.75) is 0 Å². The Kier molecular flexibility index (Phi) is 6.81. The van der Waals surface area contributed by atoms with Gasteiger partial charge in [-0.05, 0) is 70.8 Å². The zero-order valence-corrected chi connectivity index (χ0v) is 27.7. The third kappa shape index (κ3) is 4.98. The molecule has 0 atom stereocenters. The van der Waals surface area contributed by atoms with E-state index in [1.54, 1.807) is 0 Å². The maximum absolute atomic E-state index is 6.46. The van der Waals surface area contributed by atoms with Crippen LogP contribution in [0, 0.1) is 0 Å². The molecule has 0 bridgehead atoms. The molecule has 2 heterocycles. The number of nitrogens with zero attached hydrogens (tertiary/aromatic N) is 1. The van der Waals surface area contributed by atoms with E-state index >= 15 is 0 Å². The Morgan fingerprint density at radius 1 is 0.294 bits per heavy atom. The van der Waals surface area contributed by atoms with E-state index in [2.05, 4.69) is 169 Å². The first-order valence-corrected chi connectivity index (χ1v) is 17.3. The topological polar surface area (TPSA) is 29.5 Å². The van der Waals surface area contributed by atoms with Gasteiger partial charge in [-0.1, -0.05) is 140 Å². The van der Waals surface area contributed by atoms with Gasteiger partial charge in [0.05, 0.1) is 0 Å². The molecule has 3 heteroatoms. The summed E-state index contributed by atoms with van der Waals surface area (Å²) < 4.78 is 12.9. The Morgan fingerprint density at radius 3 is 1.27 bits per heavy atom. The number of hydrogen-bond donors (Lipinski definition) is 0. The fraction of sp³-hybridized carbons (Fsp3) is 0. The van der Waals surface area contributed by atoms with Gasteiger partial charge < -0.3 is 13.7 Å². The number of hydrogen-bond acceptors (Lipinski definition) is 3. The SMILES string of the molecule is c1ccc(-c2ccc(N(c3cccc(-c4cccc5c4oc4ccccc45)c3)c3cccc(-c4cccc5c4oc4ccccc45)c3)cc2)cc1. The molecule has 51 heavy (non-hydrogen) atoms. The molecule has 2 aromatic heterocycles. The lowest BCUT2D eigenvalue weighted by Gasteiger charge is -2.27. The summed E-state index contributed by atoms with van der Waals surface area (Å²) in [4.78, 5) is 2.33. The van der Waals surface area contributed by atoms with Gasteiger partial charge in [0.1, 0.15) is 22.3 Å². The average Bonchev–Trinajstić information content (AvgIpc) is 3.78. The van der Waals surface area contributed by atoms with E-state index in [1.165, 1.54) is 11.1 Å². The van der Waals surface area contributed by atoms with Gasteiger partial charge in [0, 0.05) is 49.7 Å². The second-order valence-corrected chi connectivity index (χ2v) is 12.9. The van der Waals surface area contributed by atoms with Crippen molar-refractivity contribution in [2.75, 3.05) is 4.90 Å². The predicted octanol–water partition coefficient (Wildman–Crippen LogP) is 14.0. The zero-order chi connectivity index (χ0) is 33.7. The molecule has 8 aromatic carbocycles. The normalized spacial score (nSPS) is 11.5. The smallest absolute Gasteiger partial charge is 0.143 e. The molecule has 240 valence electrons. The Bertz CT molecular complexity index is 2700. The Hall–Kier alpha value is -6.84. The van der Waals surface area contributed by atoms with Crippen LogP contribution in [0.3, 0.4) is 0 Å². The van der Waals surface area contributed by atoms with Crippen molar-refractivity contribution in [3.63, 3.8) is 0 Å². The summed E-state index contributed by atoms with van der Waals surface area (Å²) in [5.74, 6) is 0. The monoisotopic (exact) mass is 653 g/mol. The van der Waals surface area contributed by atoms with E-state index in [9.17, 15) is 0 Å². The van der Waals surface area contributed by atoms with Crippen LogP contribution < -0.4 is 4.90 Å². The minimum absolute atomic E-state index is 0.896. The summed E-state index contributed by atoms with van der Waals surface area (Å²) >= 11 is 0. The largest absolute Gasteiger partial charge is 0.455 e. The molecule has 0 amide bonds. The van der Waals surface area contributed by atoms with Gasteiger partial charge in [-0.3, -0.25) is 0 Å². The second-order valence-electron chi connectivity index (χ2n) is 12.9. The van der Waals surface area contributed by atoms with E-state index in [1.807, 2.05) is 24.3 Å². The molecule has 0 fully saturated rings. The van der Waals surface area contributed by atoms with Gasteiger partial charge >= 0.3 is 0 Å². The lowest BCUT2D eigenvalue weighted by Crippen LogP contribution is -2.10. The van der Waals surface area contributed by atoms with E-state index in [0.29, 0.717) is 0 Å². The number of fused-ring (bicyclic) bond motifs is 6. The van der Waals surface area contributed by atoms with Crippen molar-refractivity contribution < 1.29 is 8.83 Å². The Morgan fingerprint density at radius 2 is 0.725 bits per heavy atom. The first-order valence-electron chi connectivity index (χ1n) is 17.3. The van der Waals surface area contributed by atoms with Crippen molar-refractivity contribution in [3.05, 3.63) is 188 Å². The summed E-state index contributed by atoms with van der Waals surface area (Å²) in [5.41, 5.74) is 13.4. The highest BCUT2D eigenvalue weighted by molar-refractivity contribution is 6.11. The quantitative estimate of drug-likeness (QED) is 0.179. The molecule has 0 radical (unpaired) electrons. The van der Waals surface area contributed by atoms with Gasteiger partial charge in [-0.15, -0.1) is 0 Å². The maximum Gasteiger partial charge on any atom is 0.143 e. The maximum atomic E-state index is 6.46. The van der Waals surface area contributed by atoms with Crippen LogP contribution in [-0.2, 0) is 0 Å². The molecule has 0 saturated heterocycles. The fourth-order valence-electron chi connectivity index (χ4n) is 7.45. The van der Waals surface area contributed by atoms with Crippen molar-refractivity contribution in [3.8, 4) is 33.4 Å². The van der Waals surface area contributed by atoms with Crippen molar-refractivity contribution in [1.82, 2.24) is 0 Å². The first-order chi connectivity index (χ1) is 25.3. The molecular weight excluding hydrogens is 623 g/mol. The van der Waals surface area contributed by atoms with Gasteiger partial charge in [0.2, 0.25) is 0 Å². The molecule has 0 aliphatic carbocycles. The van der Waals surface area contributed by atoms with Crippen LogP contribution in [0.5, 0.6) is 0 Å². The number of rotatable bonds is 6. The summed E-state index contributed by atoms with van der Waals surface area (Å²) in [7, 11) is 0. The highest BCUT2D eigenvalue weighted by Crippen LogP contribution is 2.42. The highest BCUT2D eigenvalue weighted by atomic mass is 16.3. The number of anilines is 3. The molecular formula is C48H31NO2. The molecule has 0 N–H and O–H groups in total. The third-order valence-electron chi connectivity index (χ3n) is 9.87. The summed E-state index contributed by atoms with van der Waals surface area (Å²) in [6.45, 7) is 0. The molecule has 0 saturated carbocycles. The Balaban J connectivity index is 1.13. The average molecular weight is 654 g/mol. The number of furan rings is 2. The standard InChI is InChI=1S/C48H31NO2/c1-2-12-32(13-3-1)33-26-28-36(29-27-33)49(37-16-8-14-34(30-37)39-20-10-22-43-41-18-4-6-24-45(41)50-47(39)43)38-17-9-15-35(31-38)40-21-11-23-44-42-19-5-7-25-46(42)51-48(40)44/h1-31H. The van der Waals surface area contributed by atoms with Gasteiger partial charge in [-0.25, -0.2) is 0 Å². The fourth-order valence-corrected chi connectivity index (χ4v) is 7.45. The summed E-state index contributed by atoms with van der Waals surface area (Å²) in [6.07, 6.45) is 0. The van der Waals surface area contributed by atoms with Gasteiger partial charge in [0.15, 0.2) is 0 Å². The third-order valence-corrected chi connectivity index (χ3v) is 9.87. The van der Waals surface area contributed by atoms with E-state index < -0.39 is 0 Å². The lowest BCUT2D eigenvalue weighted by molar-refractivity contribution is 0.669. The highest BCUT2D eigenvalue weighted by Gasteiger charge is 2.18. The van der Waals surface area contributed by atoms with Crippen molar-refractivity contribution in [2.24, 2.45) is 0 Å². The second kappa shape index (κ2) is 11.9. The van der Waals surface area contributed by atoms with E-state index in [0.717, 1.165) is 83.2 Å². The van der Waals surface area contributed by atoms with Crippen LogP contribution in [0.1, 0.15) is 0 Å². The molecule has 0 aliphatic rings. The van der Waals surface area contributed by atoms with Crippen LogP contribution in [-0.4, -0.2) is 0 Å². The lowest BCUT2D eigenvalue weighted by atomic mass is 10.00. The van der Waals surface area contributed by atoms with Crippen LogP contribution in [0.4, 0.5) is 17.1 Å². The molecule has 3 nitrogen and oxygen atoms in total. The number of para-hydroxylation sites is 4. The number of benzene rings is 8. The first kappa shape index (κ1) is 29.1. The Labute approximate surface area is 295 Å². The van der Waals surface area contributed by atoms with Crippen LogP contribution in [0.2, 0.25) is 0 Å². The van der Waals surface area contributed by atoms with E-state index in [4.69, 9.17) is 8.83 Å². The molecule has 0 aliphatic heterocycles. The molecule has 10 aromatic rings. The van der Waals surface area contributed by atoms with Crippen molar-refractivity contribution in [1.29, 1.82) is 0 Å². The van der Waals surface area contributed by atoms with Crippen LogP contribution in [0.25, 0.3) is 77.3 Å². The van der Waals surface area contributed by atoms with Gasteiger partial charge in [0.25, 0.3) is 0 Å². The van der Waals surface area contributed by atoms with Gasteiger partial charge in [-0.2, -0.15) is 0 Å².